The van der Waals surface area contributed by atoms with Crippen LogP contribution in [0, 0.1) is 10.1 Å². The minimum atomic E-state index is -0.515. The molecule has 0 saturated carbocycles. The van der Waals surface area contributed by atoms with Crippen LogP contribution in [0.4, 0.5) is 5.69 Å². The molecule has 0 aliphatic rings. The summed E-state index contributed by atoms with van der Waals surface area (Å²) in [7, 11) is 1.50. The van der Waals surface area contributed by atoms with Crippen molar-refractivity contribution < 1.29 is 19.2 Å². The highest BCUT2D eigenvalue weighted by molar-refractivity contribution is 6.32. The molecule has 7 heteroatoms. The van der Waals surface area contributed by atoms with Crippen molar-refractivity contribution in [1.29, 1.82) is 0 Å². The number of hydrogen-bond acceptors (Lipinski definition) is 5. The number of benzene rings is 2. The second-order valence-corrected chi connectivity index (χ2v) is 5.38. The largest absolute Gasteiger partial charge is 0.491 e. The van der Waals surface area contributed by atoms with Crippen LogP contribution in [0.3, 0.4) is 0 Å². The molecule has 0 fully saturated rings. The van der Waals surface area contributed by atoms with Crippen molar-refractivity contribution >= 4 is 29.1 Å². The molecule has 0 aliphatic heterocycles. The van der Waals surface area contributed by atoms with Crippen LogP contribution >= 0.6 is 11.6 Å². The van der Waals surface area contributed by atoms with E-state index < -0.39 is 4.92 Å². The summed E-state index contributed by atoms with van der Waals surface area (Å²) in [6.07, 6.45) is 2.96. The van der Waals surface area contributed by atoms with Gasteiger partial charge < -0.3 is 9.47 Å². The third-order valence-electron chi connectivity index (χ3n) is 3.33. The fourth-order valence-electron chi connectivity index (χ4n) is 2.16. The number of halogens is 1. The normalized spacial score (nSPS) is 10.7. The number of nitro groups is 1. The lowest BCUT2D eigenvalue weighted by Gasteiger charge is -2.11. The molecule has 0 aliphatic carbocycles. The second kappa shape index (κ2) is 8.30. The molecular weight excluding hydrogens is 346 g/mol. The molecule has 0 heterocycles. The lowest BCUT2D eigenvalue weighted by Crippen LogP contribution is -1.97. The number of carbonyl (C=O) groups excluding carboxylic acids is 1. The second-order valence-electron chi connectivity index (χ2n) is 4.97. The van der Waals surface area contributed by atoms with Gasteiger partial charge >= 0.3 is 0 Å². The van der Waals surface area contributed by atoms with Crippen molar-refractivity contribution in [2.45, 2.75) is 6.92 Å². The van der Waals surface area contributed by atoms with Gasteiger partial charge in [-0.25, -0.2) is 0 Å². The van der Waals surface area contributed by atoms with E-state index in [1.807, 2.05) is 6.92 Å². The Hall–Kier alpha value is -2.86. The Balaban J connectivity index is 2.23. The van der Waals surface area contributed by atoms with Gasteiger partial charge in [0.15, 0.2) is 17.3 Å². The zero-order chi connectivity index (χ0) is 18.4. The maximum absolute atomic E-state index is 12.2. The van der Waals surface area contributed by atoms with Crippen molar-refractivity contribution in [1.82, 2.24) is 0 Å². The summed E-state index contributed by atoms with van der Waals surface area (Å²) in [5.41, 5.74) is 0.958. The van der Waals surface area contributed by atoms with Crippen molar-refractivity contribution in [2.75, 3.05) is 13.7 Å². The van der Waals surface area contributed by atoms with Crippen molar-refractivity contribution in [2.24, 2.45) is 0 Å². The number of nitro benzene ring substituents is 1. The number of carbonyl (C=O) groups is 1. The molecule has 25 heavy (non-hydrogen) atoms. The molecule has 0 radical (unpaired) electrons. The van der Waals surface area contributed by atoms with E-state index in [2.05, 4.69) is 0 Å². The Kier molecular flexibility index (Phi) is 6.14. The van der Waals surface area contributed by atoms with Gasteiger partial charge in [-0.2, -0.15) is 0 Å². The molecule has 130 valence electrons. The van der Waals surface area contributed by atoms with Gasteiger partial charge in [0.2, 0.25) is 0 Å². The van der Waals surface area contributed by atoms with Crippen LogP contribution in [0.5, 0.6) is 11.5 Å². The summed E-state index contributed by atoms with van der Waals surface area (Å²) in [4.78, 5) is 22.3. The molecule has 0 N–H and O–H groups in total. The Morgan fingerprint density at radius 1 is 1.28 bits per heavy atom. The number of methoxy groups -OCH3 is 1. The lowest BCUT2D eigenvalue weighted by atomic mass is 10.1. The fourth-order valence-corrected chi connectivity index (χ4v) is 2.46. The number of hydrogen-bond donors (Lipinski definition) is 0. The Morgan fingerprint density at radius 3 is 2.52 bits per heavy atom. The quantitative estimate of drug-likeness (QED) is 0.313. The Morgan fingerprint density at radius 2 is 1.96 bits per heavy atom. The van der Waals surface area contributed by atoms with Gasteiger partial charge in [-0.15, -0.1) is 0 Å². The molecule has 0 spiro atoms. The van der Waals surface area contributed by atoms with Crippen molar-refractivity contribution in [3.05, 3.63) is 68.7 Å². The highest BCUT2D eigenvalue weighted by atomic mass is 35.5. The fraction of sp³-hybridized carbons (Fsp3) is 0.167. The summed E-state index contributed by atoms with van der Waals surface area (Å²) in [6, 6.07) is 8.78. The molecule has 0 unspecified atom stereocenters. The van der Waals surface area contributed by atoms with E-state index in [0.717, 1.165) is 0 Å². The highest BCUT2D eigenvalue weighted by Crippen LogP contribution is 2.36. The van der Waals surface area contributed by atoms with Gasteiger partial charge in [0, 0.05) is 17.7 Å². The summed E-state index contributed by atoms with van der Waals surface area (Å²) < 4.78 is 10.7. The first kappa shape index (κ1) is 18.5. The number of ketones is 1. The first-order valence-electron chi connectivity index (χ1n) is 7.43. The van der Waals surface area contributed by atoms with E-state index in [1.165, 1.54) is 37.5 Å². The number of nitrogens with zero attached hydrogens (tertiary/aromatic N) is 1. The summed E-state index contributed by atoms with van der Waals surface area (Å²) in [6.45, 7) is 2.29. The molecule has 2 rings (SSSR count). The maximum atomic E-state index is 12.2. The molecule has 0 atom stereocenters. The predicted octanol–water partition coefficient (Wildman–Crippen LogP) is 4.55. The first-order chi connectivity index (χ1) is 12.0. The molecular formula is C18H16ClNO5. The molecule has 0 saturated heterocycles. The zero-order valence-corrected chi connectivity index (χ0v) is 14.4. The number of rotatable bonds is 7. The van der Waals surface area contributed by atoms with Crippen LogP contribution in [-0.4, -0.2) is 24.4 Å². The van der Waals surface area contributed by atoms with Gasteiger partial charge in [-0.1, -0.05) is 17.7 Å². The number of allylic oxidation sites excluding steroid dienone is 1. The van der Waals surface area contributed by atoms with Crippen molar-refractivity contribution in [3.63, 3.8) is 0 Å². The Labute approximate surface area is 149 Å². The zero-order valence-electron chi connectivity index (χ0n) is 13.7. The lowest BCUT2D eigenvalue weighted by molar-refractivity contribution is -0.384. The molecule has 6 nitrogen and oxygen atoms in total. The standard InChI is InChI=1S/C18H16ClNO5/c1-3-25-17-11-12(10-15(19)18(17)24-2)4-9-16(21)13-5-7-14(8-6-13)20(22)23/h4-11H,3H2,1-2H3/b9-4+. The van der Waals surface area contributed by atoms with E-state index >= 15 is 0 Å². The SMILES string of the molecule is CCOc1cc(/C=C/C(=O)c2ccc([N+](=O)[O-])cc2)cc(Cl)c1OC. The van der Waals surface area contributed by atoms with E-state index in [1.54, 1.807) is 18.2 Å². The average Bonchev–Trinajstić information content (AvgIpc) is 2.60. The smallest absolute Gasteiger partial charge is 0.269 e. The minimum absolute atomic E-state index is 0.0659. The van der Waals surface area contributed by atoms with Gasteiger partial charge in [0.05, 0.1) is 23.7 Å². The third kappa shape index (κ3) is 4.58. The number of ether oxygens (including phenoxy) is 2. The van der Waals surface area contributed by atoms with Gasteiger partial charge in [0.1, 0.15) is 0 Å². The summed E-state index contributed by atoms with van der Waals surface area (Å²) >= 11 is 6.16. The summed E-state index contributed by atoms with van der Waals surface area (Å²) in [5, 5.41) is 11.0. The highest BCUT2D eigenvalue weighted by Gasteiger charge is 2.11. The summed E-state index contributed by atoms with van der Waals surface area (Å²) in [5.74, 6) is 0.641. The van der Waals surface area contributed by atoms with E-state index in [9.17, 15) is 14.9 Å². The number of non-ortho nitro benzene ring substituents is 1. The van der Waals surface area contributed by atoms with E-state index in [4.69, 9.17) is 21.1 Å². The minimum Gasteiger partial charge on any atom is -0.491 e. The van der Waals surface area contributed by atoms with E-state index in [-0.39, 0.29) is 11.5 Å². The Bertz CT molecular complexity index is 815. The first-order valence-corrected chi connectivity index (χ1v) is 7.81. The van der Waals surface area contributed by atoms with Crippen LogP contribution in [0.1, 0.15) is 22.8 Å². The van der Waals surface area contributed by atoms with Gasteiger partial charge in [0.25, 0.3) is 5.69 Å². The predicted molar refractivity (Wildman–Crippen MR) is 95.6 cm³/mol. The van der Waals surface area contributed by atoms with Crippen LogP contribution < -0.4 is 9.47 Å². The van der Waals surface area contributed by atoms with Crippen LogP contribution in [-0.2, 0) is 0 Å². The van der Waals surface area contributed by atoms with Crippen molar-refractivity contribution in [3.8, 4) is 11.5 Å². The molecule has 0 amide bonds. The molecule has 0 bridgehead atoms. The van der Waals surface area contributed by atoms with E-state index in [0.29, 0.717) is 34.3 Å². The maximum Gasteiger partial charge on any atom is 0.269 e. The van der Waals surface area contributed by atoms with Crippen LogP contribution in [0.2, 0.25) is 5.02 Å². The topological polar surface area (TPSA) is 78.7 Å². The molecule has 2 aromatic rings. The van der Waals surface area contributed by atoms with Gasteiger partial charge in [-0.05, 0) is 42.8 Å². The molecule has 0 aromatic heterocycles. The van der Waals surface area contributed by atoms with Crippen LogP contribution in [0.25, 0.3) is 6.08 Å². The average molecular weight is 362 g/mol. The molecule has 2 aromatic carbocycles. The monoisotopic (exact) mass is 361 g/mol. The third-order valence-corrected chi connectivity index (χ3v) is 3.61. The van der Waals surface area contributed by atoms with Gasteiger partial charge in [-0.3, -0.25) is 14.9 Å². The van der Waals surface area contributed by atoms with Crippen LogP contribution in [0.15, 0.2) is 42.5 Å².